The van der Waals surface area contributed by atoms with E-state index in [0.717, 1.165) is 17.7 Å². The molecule has 1 heterocycles. The smallest absolute Gasteiger partial charge is 0.233 e. The zero-order valence-corrected chi connectivity index (χ0v) is 18.5. The molecule has 7 heteroatoms. The monoisotopic (exact) mass is 424 g/mol. The highest BCUT2D eigenvalue weighted by atomic mass is 16.5. The van der Waals surface area contributed by atoms with E-state index in [4.69, 9.17) is 4.74 Å². The fourth-order valence-corrected chi connectivity index (χ4v) is 4.84. The Morgan fingerprint density at radius 3 is 2.32 bits per heavy atom. The van der Waals surface area contributed by atoms with E-state index in [1.807, 2.05) is 24.3 Å². The highest BCUT2D eigenvalue weighted by Crippen LogP contribution is 2.52. The maximum absolute atomic E-state index is 12.7. The first kappa shape index (κ1) is 21.4. The maximum atomic E-state index is 12.7. The first-order valence-corrected chi connectivity index (χ1v) is 11.2. The second kappa shape index (κ2) is 9.12. The summed E-state index contributed by atoms with van der Waals surface area (Å²) in [6, 6.07) is 8.00. The fraction of sp³-hybridized carbons (Fsp3) is 0.542. The average molecular weight is 425 g/mol. The number of nitrogens with one attached hydrogen (secondary N) is 2. The van der Waals surface area contributed by atoms with Gasteiger partial charge in [-0.3, -0.25) is 19.5 Å². The lowest BCUT2D eigenvalue weighted by molar-refractivity contribution is -0.140. The summed E-state index contributed by atoms with van der Waals surface area (Å²) in [7, 11) is 1.71. The third-order valence-corrected chi connectivity index (χ3v) is 6.38. The number of carbonyl (C=O) groups excluding carboxylic acids is 2. The van der Waals surface area contributed by atoms with Crippen molar-refractivity contribution in [3.63, 3.8) is 0 Å². The Labute approximate surface area is 183 Å². The molecule has 1 saturated carbocycles. The van der Waals surface area contributed by atoms with Gasteiger partial charge in [0.05, 0.1) is 18.4 Å². The predicted octanol–water partition coefficient (Wildman–Crippen LogP) is 2.19. The number of amides is 2. The van der Waals surface area contributed by atoms with Crippen LogP contribution in [-0.4, -0.2) is 49.4 Å². The highest BCUT2D eigenvalue weighted by Gasteiger charge is 2.58. The van der Waals surface area contributed by atoms with Crippen molar-refractivity contribution in [2.24, 2.45) is 34.6 Å². The van der Waals surface area contributed by atoms with Gasteiger partial charge in [-0.2, -0.15) is 0 Å². The quantitative estimate of drug-likeness (QED) is 0.289. The number of rotatable bonds is 8. The molecule has 2 bridgehead atoms. The molecular weight excluding hydrogens is 392 g/mol. The summed E-state index contributed by atoms with van der Waals surface area (Å²) < 4.78 is 5.71. The lowest BCUT2D eigenvalue weighted by Gasteiger charge is -2.18. The molecule has 3 aliphatic rings. The van der Waals surface area contributed by atoms with Gasteiger partial charge in [0, 0.05) is 26.7 Å². The first-order valence-electron chi connectivity index (χ1n) is 11.2. The highest BCUT2D eigenvalue weighted by molar-refractivity contribution is 6.06. The molecule has 4 unspecified atom stereocenters. The van der Waals surface area contributed by atoms with Crippen LogP contribution in [0.15, 0.2) is 41.4 Å². The van der Waals surface area contributed by atoms with Gasteiger partial charge >= 0.3 is 0 Å². The van der Waals surface area contributed by atoms with E-state index in [9.17, 15) is 9.59 Å². The SMILES string of the molecule is CN=C(NCCN1C(=O)C2C3C=CC(C3)C2C1=O)NCc1ccc(OCC(C)C)cc1. The van der Waals surface area contributed by atoms with Crippen molar-refractivity contribution in [1.82, 2.24) is 15.5 Å². The molecule has 2 aliphatic carbocycles. The van der Waals surface area contributed by atoms with Gasteiger partial charge in [0.15, 0.2) is 5.96 Å². The minimum Gasteiger partial charge on any atom is -0.493 e. The number of ether oxygens (including phenoxy) is 1. The Bertz CT molecular complexity index is 847. The minimum atomic E-state index is -0.132. The summed E-state index contributed by atoms with van der Waals surface area (Å²) in [5.41, 5.74) is 1.11. The third kappa shape index (κ3) is 4.45. The molecule has 0 radical (unpaired) electrons. The van der Waals surface area contributed by atoms with Crippen molar-refractivity contribution in [2.45, 2.75) is 26.8 Å². The van der Waals surface area contributed by atoms with Crippen molar-refractivity contribution in [3.05, 3.63) is 42.0 Å². The normalized spacial score (nSPS) is 26.7. The third-order valence-electron chi connectivity index (χ3n) is 6.38. The molecule has 1 aromatic rings. The van der Waals surface area contributed by atoms with Gasteiger partial charge in [-0.05, 0) is 41.9 Å². The van der Waals surface area contributed by atoms with Crippen LogP contribution in [0.5, 0.6) is 5.75 Å². The lowest BCUT2D eigenvalue weighted by Crippen LogP contribution is -2.43. The zero-order chi connectivity index (χ0) is 22.0. The number of aliphatic imine (C=N–C) groups is 1. The van der Waals surface area contributed by atoms with Crippen LogP contribution in [0.4, 0.5) is 0 Å². The Balaban J connectivity index is 1.22. The number of guanidine groups is 1. The van der Waals surface area contributed by atoms with E-state index in [2.05, 4.69) is 41.6 Å². The first-order chi connectivity index (χ1) is 15.0. The lowest BCUT2D eigenvalue weighted by atomic mass is 9.85. The van der Waals surface area contributed by atoms with E-state index in [-0.39, 0.29) is 35.5 Å². The second-order valence-corrected chi connectivity index (χ2v) is 9.03. The molecule has 2 fully saturated rings. The van der Waals surface area contributed by atoms with Crippen LogP contribution in [0.3, 0.4) is 0 Å². The molecule has 2 N–H and O–H groups in total. The van der Waals surface area contributed by atoms with Crippen molar-refractivity contribution in [3.8, 4) is 5.75 Å². The molecule has 1 aliphatic heterocycles. The van der Waals surface area contributed by atoms with E-state index in [1.54, 1.807) is 7.05 Å². The summed E-state index contributed by atoms with van der Waals surface area (Å²) in [5.74, 6) is 2.23. The molecule has 31 heavy (non-hydrogen) atoms. The number of nitrogens with zero attached hydrogens (tertiary/aromatic N) is 2. The van der Waals surface area contributed by atoms with Crippen molar-refractivity contribution < 1.29 is 14.3 Å². The van der Waals surface area contributed by atoms with Gasteiger partial charge in [0.1, 0.15) is 5.75 Å². The number of benzene rings is 1. The predicted molar refractivity (Wildman–Crippen MR) is 119 cm³/mol. The standard InChI is InChI=1S/C24H32N4O3/c1-15(2)14-31-19-8-4-16(5-9-19)13-27-24(25-3)26-10-11-28-22(29)20-17-6-7-18(12-17)21(20)23(28)30/h4-9,15,17-18,20-21H,10-14H2,1-3H3,(H2,25,26,27). The van der Waals surface area contributed by atoms with Crippen LogP contribution in [0, 0.1) is 29.6 Å². The summed E-state index contributed by atoms with van der Waals surface area (Å²) in [4.78, 5) is 31.2. The average Bonchev–Trinajstić information content (AvgIpc) is 3.45. The molecule has 4 atom stereocenters. The molecular formula is C24H32N4O3. The fourth-order valence-electron chi connectivity index (χ4n) is 4.84. The molecule has 0 spiro atoms. The van der Waals surface area contributed by atoms with E-state index in [0.29, 0.717) is 38.1 Å². The van der Waals surface area contributed by atoms with Crippen LogP contribution in [0.1, 0.15) is 25.8 Å². The molecule has 0 aromatic heterocycles. The Morgan fingerprint density at radius 1 is 1.10 bits per heavy atom. The van der Waals surface area contributed by atoms with Crippen LogP contribution >= 0.6 is 0 Å². The number of fused-ring (bicyclic) bond motifs is 5. The maximum Gasteiger partial charge on any atom is 0.233 e. The number of imide groups is 1. The number of carbonyl (C=O) groups is 2. The van der Waals surface area contributed by atoms with Gasteiger partial charge in [0.25, 0.3) is 0 Å². The largest absolute Gasteiger partial charge is 0.493 e. The minimum absolute atomic E-state index is 0.00336. The van der Waals surface area contributed by atoms with Crippen LogP contribution in [-0.2, 0) is 16.1 Å². The summed E-state index contributed by atoms with van der Waals surface area (Å²) in [5, 5.41) is 6.47. The number of allylic oxidation sites excluding steroid dienone is 2. The summed E-state index contributed by atoms with van der Waals surface area (Å²) in [6.07, 6.45) is 5.20. The van der Waals surface area contributed by atoms with Gasteiger partial charge in [0.2, 0.25) is 11.8 Å². The van der Waals surface area contributed by atoms with Crippen molar-refractivity contribution >= 4 is 17.8 Å². The molecule has 1 aromatic carbocycles. The van der Waals surface area contributed by atoms with Gasteiger partial charge in [-0.25, -0.2) is 0 Å². The zero-order valence-electron chi connectivity index (χ0n) is 18.5. The summed E-state index contributed by atoms with van der Waals surface area (Å²) in [6.45, 7) is 6.41. The van der Waals surface area contributed by atoms with Crippen LogP contribution < -0.4 is 15.4 Å². The van der Waals surface area contributed by atoms with E-state index < -0.39 is 0 Å². The second-order valence-electron chi connectivity index (χ2n) is 9.03. The number of hydrogen-bond acceptors (Lipinski definition) is 4. The molecule has 4 rings (SSSR count). The van der Waals surface area contributed by atoms with E-state index >= 15 is 0 Å². The van der Waals surface area contributed by atoms with Crippen LogP contribution in [0.25, 0.3) is 0 Å². The summed E-state index contributed by atoms with van der Waals surface area (Å²) >= 11 is 0. The van der Waals surface area contributed by atoms with Crippen LogP contribution in [0.2, 0.25) is 0 Å². The number of likely N-dealkylation sites (tertiary alicyclic amines) is 1. The Kier molecular flexibility index (Phi) is 6.30. The number of hydrogen-bond donors (Lipinski definition) is 2. The molecule has 166 valence electrons. The van der Waals surface area contributed by atoms with Crippen molar-refractivity contribution in [2.75, 3.05) is 26.7 Å². The molecule has 7 nitrogen and oxygen atoms in total. The van der Waals surface area contributed by atoms with E-state index in [1.165, 1.54) is 4.90 Å². The van der Waals surface area contributed by atoms with Gasteiger partial charge < -0.3 is 15.4 Å². The topological polar surface area (TPSA) is 83.0 Å². The van der Waals surface area contributed by atoms with Crippen molar-refractivity contribution in [1.29, 1.82) is 0 Å². The Hall–Kier alpha value is -2.83. The van der Waals surface area contributed by atoms with Gasteiger partial charge in [-0.1, -0.05) is 38.1 Å². The molecule has 2 amide bonds. The Morgan fingerprint density at radius 2 is 1.74 bits per heavy atom. The molecule has 1 saturated heterocycles. The van der Waals surface area contributed by atoms with Gasteiger partial charge in [-0.15, -0.1) is 0 Å².